The quantitative estimate of drug-likeness (QED) is 0.624. The molecule has 1 aromatic carbocycles. The van der Waals surface area contributed by atoms with E-state index in [0.717, 1.165) is 12.1 Å². The van der Waals surface area contributed by atoms with Crippen molar-refractivity contribution in [2.24, 2.45) is 0 Å². The summed E-state index contributed by atoms with van der Waals surface area (Å²) in [5, 5.41) is 0. The maximum atomic E-state index is 5.29. The highest BCUT2D eigenvalue weighted by Gasteiger charge is 2.13. The van der Waals surface area contributed by atoms with Crippen LogP contribution in [-0.4, -0.2) is 39.2 Å². The Morgan fingerprint density at radius 3 is 1.94 bits per heavy atom. The highest BCUT2D eigenvalue weighted by molar-refractivity contribution is 7.80. The van der Waals surface area contributed by atoms with Gasteiger partial charge in [-0.15, -0.1) is 0 Å². The van der Waals surface area contributed by atoms with Gasteiger partial charge in [0.05, 0.1) is 21.3 Å². The lowest BCUT2D eigenvalue weighted by atomic mass is 10.1. The van der Waals surface area contributed by atoms with Crippen LogP contribution in [0, 0.1) is 0 Å². The average molecular weight is 257 g/mol. The summed E-state index contributed by atoms with van der Waals surface area (Å²) in [6.07, 6.45) is 0. The minimum absolute atomic E-state index is 0.618. The van der Waals surface area contributed by atoms with E-state index in [2.05, 4.69) is 17.5 Å². The summed E-state index contributed by atoms with van der Waals surface area (Å²) in [6, 6.07) is 3.89. The third kappa shape index (κ3) is 3.44. The second-order valence-corrected chi connectivity index (χ2v) is 3.97. The fourth-order valence-electron chi connectivity index (χ4n) is 1.59. The maximum Gasteiger partial charge on any atom is 0.203 e. The molecule has 0 aliphatic rings. The van der Waals surface area contributed by atoms with Crippen LogP contribution in [0.2, 0.25) is 0 Å². The third-order valence-corrected chi connectivity index (χ3v) is 2.90. The molecule has 4 nitrogen and oxygen atoms in total. The number of ether oxygens (including phenoxy) is 3. The van der Waals surface area contributed by atoms with E-state index in [4.69, 9.17) is 14.2 Å². The number of thiol groups is 1. The zero-order chi connectivity index (χ0) is 12.8. The molecule has 0 bridgehead atoms. The lowest BCUT2D eigenvalue weighted by Gasteiger charge is -2.17. The summed E-state index contributed by atoms with van der Waals surface area (Å²) < 4.78 is 15.8. The molecule has 0 aliphatic heterocycles. The summed E-state index contributed by atoms with van der Waals surface area (Å²) in [5.74, 6) is 2.66. The molecular weight excluding hydrogens is 238 g/mol. The van der Waals surface area contributed by atoms with Crippen molar-refractivity contribution in [1.29, 1.82) is 0 Å². The van der Waals surface area contributed by atoms with Gasteiger partial charge in [-0.3, -0.25) is 4.90 Å². The largest absolute Gasteiger partial charge is 0.493 e. The second-order valence-electron chi connectivity index (χ2n) is 3.69. The molecule has 5 heteroatoms. The predicted molar refractivity (Wildman–Crippen MR) is 71.4 cm³/mol. The van der Waals surface area contributed by atoms with Crippen LogP contribution in [0.4, 0.5) is 0 Å². The van der Waals surface area contributed by atoms with Crippen LogP contribution in [-0.2, 0) is 6.54 Å². The molecule has 0 N–H and O–H groups in total. The molecule has 0 aliphatic carbocycles. The van der Waals surface area contributed by atoms with Crippen LogP contribution >= 0.6 is 12.6 Å². The number of benzene rings is 1. The van der Waals surface area contributed by atoms with E-state index in [0.29, 0.717) is 23.1 Å². The first kappa shape index (κ1) is 14.0. The molecule has 0 aromatic heterocycles. The van der Waals surface area contributed by atoms with Crippen molar-refractivity contribution >= 4 is 12.6 Å². The number of methoxy groups -OCH3 is 3. The van der Waals surface area contributed by atoms with Crippen LogP contribution in [0.15, 0.2) is 12.1 Å². The van der Waals surface area contributed by atoms with Gasteiger partial charge in [0, 0.05) is 12.4 Å². The molecular formula is C12H19NO3S. The molecule has 0 radical (unpaired) electrons. The van der Waals surface area contributed by atoms with E-state index < -0.39 is 0 Å². The first-order chi connectivity index (χ1) is 8.15. The van der Waals surface area contributed by atoms with Gasteiger partial charge >= 0.3 is 0 Å². The van der Waals surface area contributed by atoms with Crippen molar-refractivity contribution in [3.05, 3.63) is 17.7 Å². The fraction of sp³-hybridized carbons (Fsp3) is 0.500. The van der Waals surface area contributed by atoms with Crippen LogP contribution in [0.1, 0.15) is 5.56 Å². The summed E-state index contributed by atoms with van der Waals surface area (Å²) in [5.41, 5.74) is 1.09. The highest BCUT2D eigenvalue weighted by Crippen LogP contribution is 2.38. The zero-order valence-corrected chi connectivity index (χ0v) is 11.6. The molecule has 1 aromatic rings. The van der Waals surface area contributed by atoms with Crippen LogP contribution in [0.3, 0.4) is 0 Å². The Kier molecular flexibility index (Phi) is 5.44. The molecule has 1 rings (SSSR count). The van der Waals surface area contributed by atoms with Gasteiger partial charge in [-0.1, -0.05) is 0 Å². The summed E-state index contributed by atoms with van der Waals surface area (Å²) >= 11 is 4.22. The molecule has 0 amide bonds. The Morgan fingerprint density at radius 1 is 1.06 bits per heavy atom. The molecule has 17 heavy (non-hydrogen) atoms. The summed E-state index contributed by atoms with van der Waals surface area (Å²) in [4.78, 5) is 2.07. The maximum absolute atomic E-state index is 5.29. The van der Waals surface area contributed by atoms with E-state index in [1.807, 2.05) is 19.2 Å². The lowest BCUT2D eigenvalue weighted by Crippen LogP contribution is -2.15. The van der Waals surface area contributed by atoms with Gasteiger partial charge in [0.15, 0.2) is 11.5 Å². The van der Waals surface area contributed by atoms with Crippen molar-refractivity contribution in [2.75, 3.05) is 34.3 Å². The van der Waals surface area contributed by atoms with Gasteiger partial charge in [0.1, 0.15) is 0 Å². The van der Waals surface area contributed by atoms with E-state index in [-0.39, 0.29) is 0 Å². The SMILES string of the molecule is COc1cc(CN(C)CS)cc(OC)c1OC. The Balaban J connectivity index is 3.08. The van der Waals surface area contributed by atoms with Crippen molar-refractivity contribution < 1.29 is 14.2 Å². The average Bonchev–Trinajstić information content (AvgIpc) is 2.37. The van der Waals surface area contributed by atoms with Gasteiger partial charge in [0.25, 0.3) is 0 Å². The molecule has 96 valence electrons. The zero-order valence-electron chi connectivity index (χ0n) is 10.7. The van der Waals surface area contributed by atoms with Crippen molar-refractivity contribution in [3.63, 3.8) is 0 Å². The first-order valence-corrected chi connectivity index (χ1v) is 5.87. The van der Waals surface area contributed by atoms with Gasteiger partial charge in [-0.2, -0.15) is 12.6 Å². The van der Waals surface area contributed by atoms with Gasteiger partial charge in [-0.25, -0.2) is 0 Å². The molecule has 0 spiro atoms. The van der Waals surface area contributed by atoms with Crippen LogP contribution in [0.25, 0.3) is 0 Å². The Morgan fingerprint density at radius 2 is 1.59 bits per heavy atom. The molecule has 0 fully saturated rings. The van der Waals surface area contributed by atoms with E-state index in [9.17, 15) is 0 Å². The van der Waals surface area contributed by atoms with E-state index in [1.54, 1.807) is 21.3 Å². The highest BCUT2D eigenvalue weighted by atomic mass is 32.1. The summed E-state index contributed by atoms with van der Waals surface area (Å²) in [7, 11) is 6.82. The normalized spacial score (nSPS) is 10.5. The lowest BCUT2D eigenvalue weighted by molar-refractivity contribution is 0.321. The van der Waals surface area contributed by atoms with Gasteiger partial charge in [-0.05, 0) is 24.7 Å². The second kappa shape index (κ2) is 6.61. The number of hydrogen-bond acceptors (Lipinski definition) is 5. The molecule has 0 saturated carbocycles. The third-order valence-electron chi connectivity index (χ3n) is 2.42. The minimum atomic E-state index is 0.618. The van der Waals surface area contributed by atoms with E-state index >= 15 is 0 Å². The molecule has 0 unspecified atom stereocenters. The minimum Gasteiger partial charge on any atom is -0.493 e. The van der Waals surface area contributed by atoms with Crippen molar-refractivity contribution in [2.45, 2.75) is 6.54 Å². The number of nitrogens with zero attached hydrogens (tertiary/aromatic N) is 1. The van der Waals surface area contributed by atoms with Crippen LogP contribution in [0.5, 0.6) is 17.2 Å². The topological polar surface area (TPSA) is 30.9 Å². The smallest absolute Gasteiger partial charge is 0.203 e. The van der Waals surface area contributed by atoms with Gasteiger partial charge in [0.2, 0.25) is 5.75 Å². The molecule has 0 atom stereocenters. The Hall–Kier alpha value is -1.07. The van der Waals surface area contributed by atoms with Crippen molar-refractivity contribution in [3.8, 4) is 17.2 Å². The predicted octanol–water partition coefficient (Wildman–Crippen LogP) is 2.03. The monoisotopic (exact) mass is 257 g/mol. The van der Waals surface area contributed by atoms with Gasteiger partial charge < -0.3 is 14.2 Å². The Labute approximate surface area is 108 Å². The molecule has 0 heterocycles. The van der Waals surface area contributed by atoms with Crippen LogP contribution < -0.4 is 14.2 Å². The number of hydrogen-bond donors (Lipinski definition) is 1. The van der Waals surface area contributed by atoms with Crippen molar-refractivity contribution in [1.82, 2.24) is 4.90 Å². The first-order valence-electron chi connectivity index (χ1n) is 5.24. The Bertz CT molecular complexity index is 346. The summed E-state index contributed by atoms with van der Waals surface area (Å²) in [6.45, 7) is 0.778. The molecule has 0 saturated heterocycles. The standard InChI is InChI=1S/C12H19NO3S/c1-13(8-17)7-9-5-10(14-2)12(16-4)11(6-9)15-3/h5-6,17H,7-8H2,1-4H3. The van der Waals surface area contributed by atoms with E-state index in [1.165, 1.54) is 0 Å². The number of rotatable bonds is 6. The fourth-order valence-corrected chi connectivity index (χ4v) is 1.69.